The molecule has 28 heavy (non-hydrogen) atoms. The Balaban J connectivity index is 2.24. The number of aromatic amines is 2. The molecule has 0 bridgehead atoms. The minimum Gasteiger partial charge on any atom is -0.291 e. The fourth-order valence-electron chi connectivity index (χ4n) is 2.94. The number of fused-ring (bicyclic) bond motifs is 1. The van der Waals surface area contributed by atoms with Crippen LogP contribution in [-0.4, -0.2) is 19.7 Å². The molecule has 0 fully saturated rings. The number of rotatable bonds is 3. The summed E-state index contributed by atoms with van der Waals surface area (Å²) in [6.07, 6.45) is -9.41. The third-order valence-corrected chi connectivity index (χ3v) is 4.17. The number of aromatic nitrogens is 4. The van der Waals surface area contributed by atoms with Gasteiger partial charge in [-0.25, -0.2) is 9.48 Å². The number of halogens is 6. The summed E-state index contributed by atoms with van der Waals surface area (Å²) in [5, 5.41) is 2.61. The highest BCUT2D eigenvalue weighted by molar-refractivity contribution is 5.77. The first-order chi connectivity index (χ1) is 12.9. The zero-order valence-corrected chi connectivity index (χ0v) is 14.1. The van der Waals surface area contributed by atoms with Crippen LogP contribution in [0.1, 0.15) is 36.2 Å². The fourth-order valence-corrected chi connectivity index (χ4v) is 2.94. The first-order valence-corrected chi connectivity index (χ1v) is 7.92. The second-order valence-corrected chi connectivity index (χ2v) is 5.97. The van der Waals surface area contributed by atoms with E-state index in [0.29, 0.717) is 0 Å². The number of benzene rings is 1. The van der Waals surface area contributed by atoms with Crippen molar-refractivity contribution in [3.05, 3.63) is 61.9 Å². The summed E-state index contributed by atoms with van der Waals surface area (Å²) in [4.78, 5) is 27.3. The summed E-state index contributed by atoms with van der Waals surface area (Å²) in [6.45, 7) is 1.58. The molecule has 150 valence electrons. The van der Waals surface area contributed by atoms with Crippen molar-refractivity contribution in [2.45, 2.75) is 31.7 Å². The molecule has 0 saturated heterocycles. The van der Waals surface area contributed by atoms with Crippen molar-refractivity contribution >= 4 is 11.0 Å². The molecule has 0 aliphatic carbocycles. The SMILES string of the molecule is CC[C@H](c1ccc(C(F)(F)F)cc1)n1nc(C(F)(F)F)c2c(=O)[nH]c(=O)[nH]c21. The van der Waals surface area contributed by atoms with Gasteiger partial charge in [0.2, 0.25) is 0 Å². The van der Waals surface area contributed by atoms with Gasteiger partial charge in [-0.05, 0) is 24.1 Å². The summed E-state index contributed by atoms with van der Waals surface area (Å²) in [5.41, 5.74) is -4.94. The van der Waals surface area contributed by atoms with Gasteiger partial charge in [0.15, 0.2) is 5.69 Å². The van der Waals surface area contributed by atoms with Crippen LogP contribution in [0, 0.1) is 0 Å². The molecule has 0 aliphatic heterocycles. The highest BCUT2D eigenvalue weighted by Crippen LogP contribution is 2.35. The van der Waals surface area contributed by atoms with Gasteiger partial charge in [0.05, 0.1) is 11.6 Å². The smallest absolute Gasteiger partial charge is 0.291 e. The molecule has 0 saturated carbocycles. The molecule has 0 radical (unpaired) electrons. The second-order valence-electron chi connectivity index (χ2n) is 5.97. The van der Waals surface area contributed by atoms with Crippen LogP contribution in [-0.2, 0) is 12.4 Å². The Morgan fingerprint density at radius 1 is 1.00 bits per heavy atom. The Hall–Kier alpha value is -3.05. The maximum Gasteiger partial charge on any atom is 0.436 e. The van der Waals surface area contributed by atoms with E-state index >= 15 is 0 Å². The van der Waals surface area contributed by atoms with Gasteiger partial charge in [-0.15, -0.1) is 0 Å². The molecule has 0 spiro atoms. The van der Waals surface area contributed by atoms with Crippen LogP contribution in [0.3, 0.4) is 0 Å². The highest BCUT2D eigenvalue weighted by Gasteiger charge is 2.39. The van der Waals surface area contributed by atoms with Crippen molar-refractivity contribution < 1.29 is 26.3 Å². The van der Waals surface area contributed by atoms with Gasteiger partial charge in [-0.2, -0.15) is 31.4 Å². The predicted octanol–water partition coefficient (Wildman–Crippen LogP) is 3.45. The van der Waals surface area contributed by atoms with Crippen LogP contribution in [0.4, 0.5) is 26.3 Å². The third-order valence-electron chi connectivity index (χ3n) is 4.17. The van der Waals surface area contributed by atoms with Crippen molar-refractivity contribution in [3.63, 3.8) is 0 Å². The summed E-state index contributed by atoms with van der Waals surface area (Å²) in [5.74, 6) is 0. The lowest BCUT2D eigenvalue weighted by Gasteiger charge is -2.18. The minimum absolute atomic E-state index is 0.133. The van der Waals surface area contributed by atoms with E-state index in [9.17, 15) is 35.9 Å². The molecular formula is C16H12F6N4O2. The van der Waals surface area contributed by atoms with E-state index in [1.165, 1.54) is 0 Å². The predicted molar refractivity (Wildman–Crippen MR) is 85.9 cm³/mol. The van der Waals surface area contributed by atoms with Gasteiger partial charge in [-0.1, -0.05) is 19.1 Å². The standard InChI is InChI=1S/C16H12F6N4O2/c1-2-9(7-3-5-8(6-4-7)15(17,18)19)26-12-10(11(25-26)16(20,21)22)13(27)24-14(28)23-12/h3-6,9H,2H2,1H3,(H2,23,24,27,28)/t9-/m1/s1. The van der Waals surface area contributed by atoms with Crippen molar-refractivity contribution in [2.75, 3.05) is 0 Å². The molecular weight excluding hydrogens is 394 g/mol. The van der Waals surface area contributed by atoms with Crippen LogP contribution in [0.5, 0.6) is 0 Å². The number of nitrogens with zero attached hydrogens (tertiary/aromatic N) is 2. The summed E-state index contributed by atoms with van der Waals surface area (Å²) in [6, 6.07) is 2.87. The topological polar surface area (TPSA) is 83.5 Å². The van der Waals surface area contributed by atoms with Gasteiger partial charge < -0.3 is 0 Å². The van der Waals surface area contributed by atoms with Crippen LogP contribution >= 0.6 is 0 Å². The zero-order valence-electron chi connectivity index (χ0n) is 14.1. The minimum atomic E-state index is -4.98. The Morgan fingerprint density at radius 2 is 1.61 bits per heavy atom. The first-order valence-electron chi connectivity index (χ1n) is 7.92. The summed E-state index contributed by atoms with van der Waals surface area (Å²) >= 11 is 0. The van der Waals surface area contributed by atoms with Crippen molar-refractivity contribution in [1.29, 1.82) is 0 Å². The lowest BCUT2D eigenvalue weighted by atomic mass is 10.0. The van der Waals surface area contributed by atoms with Crippen molar-refractivity contribution in [3.8, 4) is 0 Å². The molecule has 2 aromatic heterocycles. The quantitative estimate of drug-likeness (QED) is 0.654. The first kappa shape index (κ1) is 19.7. The van der Waals surface area contributed by atoms with Crippen LogP contribution in [0.15, 0.2) is 33.9 Å². The van der Waals surface area contributed by atoms with Gasteiger partial charge in [0.1, 0.15) is 11.0 Å². The fraction of sp³-hybridized carbons (Fsp3) is 0.312. The third kappa shape index (κ3) is 3.41. The van der Waals surface area contributed by atoms with Gasteiger partial charge in [0.25, 0.3) is 5.56 Å². The number of alkyl halides is 6. The van der Waals surface area contributed by atoms with E-state index in [1.54, 1.807) is 11.9 Å². The van der Waals surface area contributed by atoms with E-state index in [1.807, 2.05) is 0 Å². The summed E-state index contributed by atoms with van der Waals surface area (Å²) in [7, 11) is 0. The molecule has 3 aromatic rings. The molecule has 2 N–H and O–H groups in total. The Morgan fingerprint density at radius 3 is 2.11 bits per heavy atom. The number of hydrogen-bond donors (Lipinski definition) is 2. The van der Waals surface area contributed by atoms with Crippen LogP contribution < -0.4 is 11.2 Å². The normalized spacial score (nSPS) is 13.8. The molecule has 1 aromatic carbocycles. The zero-order chi connectivity index (χ0) is 20.9. The molecule has 0 unspecified atom stereocenters. The van der Waals surface area contributed by atoms with Crippen LogP contribution in [0.25, 0.3) is 11.0 Å². The Labute approximate surface area is 151 Å². The molecule has 0 aliphatic rings. The number of H-pyrrole nitrogens is 2. The maximum absolute atomic E-state index is 13.3. The van der Waals surface area contributed by atoms with Gasteiger partial charge >= 0.3 is 18.0 Å². The molecule has 12 heteroatoms. The van der Waals surface area contributed by atoms with E-state index in [4.69, 9.17) is 0 Å². The second kappa shape index (κ2) is 6.53. The lowest BCUT2D eigenvalue weighted by Crippen LogP contribution is -2.24. The number of nitrogens with one attached hydrogen (secondary N) is 2. The molecule has 6 nitrogen and oxygen atoms in total. The molecule has 1 atom stereocenters. The Bertz CT molecular complexity index is 1120. The summed E-state index contributed by atoms with van der Waals surface area (Å²) < 4.78 is 79.0. The molecule has 0 amide bonds. The van der Waals surface area contributed by atoms with Gasteiger partial charge in [0, 0.05) is 0 Å². The van der Waals surface area contributed by atoms with E-state index < -0.39 is 51.9 Å². The average Bonchev–Trinajstić information content (AvgIpc) is 2.95. The Kier molecular flexibility index (Phi) is 4.60. The largest absolute Gasteiger partial charge is 0.436 e. The van der Waals surface area contributed by atoms with Crippen LogP contribution in [0.2, 0.25) is 0 Å². The molecule has 2 heterocycles. The van der Waals surface area contributed by atoms with Gasteiger partial charge in [-0.3, -0.25) is 14.8 Å². The number of hydrogen-bond acceptors (Lipinski definition) is 3. The van der Waals surface area contributed by atoms with E-state index in [2.05, 4.69) is 10.1 Å². The van der Waals surface area contributed by atoms with Crippen molar-refractivity contribution in [2.24, 2.45) is 0 Å². The van der Waals surface area contributed by atoms with E-state index in [-0.39, 0.29) is 12.0 Å². The molecule has 3 rings (SSSR count). The van der Waals surface area contributed by atoms with Crippen molar-refractivity contribution in [1.82, 2.24) is 19.7 Å². The lowest BCUT2D eigenvalue weighted by molar-refractivity contribution is -0.140. The maximum atomic E-state index is 13.3. The van der Waals surface area contributed by atoms with E-state index in [0.717, 1.165) is 28.9 Å². The average molecular weight is 406 g/mol. The monoisotopic (exact) mass is 406 g/mol. The highest BCUT2D eigenvalue weighted by atomic mass is 19.4.